The molecule has 0 saturated carbocycles. The Morgan fingerprint density at radius 2 is 1.40 bits per heavy atom. The summed E-state index contributed by atoms with van der Waals surface area (Å²) in [4.78, 5) is 24.1. The highest BCUT2D eigenvalue weighted by Gasteiger charge is 1.97. The fourth-order valence-electron chi connectivity index (χ4n) is 1.42. The van der Waals surface area contributed by atoms with E-state index in [9.17, 15) is 9.59 Å². The van der Waals surface area contributed by atoms with Crippen molar-refractivity contribution in [1.82, 2.24) is 4.98 Å². The molecule has 2 amide bonds. The van der Waals surface area contributed by atoms with Crippen LogP contribution in [0.3, 0.4) is 0 Å². The lowest BCUT2D eigenvalue weighted by Gasteiger charge is -2.01. The number of carbonyl (C=O) groups excluding carboxylic acids is 2. The number of hydrogen-bond acceptors (Lipinski definition) is 2. The summed E-state index contributed by atoms with van der Waals surface area (Å²) in [6.07, 6.45) is 7.48. The smallest absolute Gasteiger partial charge is 0.217 e. The Labute approximate surface area is 94.5 Å². The summed E-state index contributed by atoms with van der Waals surface area (Å²) in [5, 5.41) is 0. The predicted molar refractivity (Wildman–Crippen MR) is 64.2 cm³/mol. The van der Waals surface area contributed by atoms with Crippen LogP contribution in [0.2, 0.25) is 0 Å². The Hall–Kier alpha value is -0.843. The van der Waals surface area contributed by atoms with Gasteiger partial charge in [-0.05, 0) is 12.8 Å². The van der Waals surface area contributed by atoms with Crippen molar-refractivity contribution in [1.29, 1.82) is 0 Å². The monoisotopic (exact) mass is 230 g/mol. The largest absolute Gasteiger partial charge is 0.391 e. The Kier molecular flexibility index (Phi) is 9.16. The third-order valence-corrected chi connectivity index (χ3v) is 2.91. The molecule has 0 spiro atoms. The van der Waals surface area contributed by atoms with Crippen LogP contribution in [0.5, 0.6) is 0 Å². The molecule has 0 aliphatic carbocycles. The molecule has 0 bridgehead atoms. The molecule has 4 nitrogen and oxygen atoms in total. The van der Waals surface area contributed by atoms with Crippen LogP contribution in [-0.2, 0) is 9.59 Å². The van der Waals surface area contributed by atoms with Crippen LogP contribution in [0.15, 0.2) is 0 Å². The van der Waals surface area contributed by atoms with Gasteiger partial charge in [-0.2, -0.15) is 0 Å². The molecular weight excluding hydrogens is 208 g/mol. The van der Waals surface area contributed by atoms with E-state index in [-0.39, 0.29) is 11.8 Å². The number of primary amides is 1. The lowest BCUT2D eigenvalue weighted by Crippen LogP contribution is -2.18. The van der Waals surface area contributed by atoms with Gasteiger partial charge in [0.05, 0.1) is 0 Å². The van der Waals surface area contributed by atoms with Crippen LogP contribution in [-0.4, -0.2) is 22.2 Å². The highest BCUT2D eigenvalue weighted by molar-refractivity contribution is 6.14. The van der Waals surface area contributed by atoms with Gasteiger partial charge in [-0.25, -0.2) is 0 Å². The van der Waals surface area contributed by atoms with Crippen molar-refractivity contribution in [3.05, 3.63) is 0 Å². The number of hydrogen-bond donors (Lipinski definition) is 2. The summed E-state index contributed by atoms with van der Waals surface area (Å²) in [5.74, 6) is -0.0332. The molecule has 0 aromatic rings. The zero-order valence-corrected chi connectivity index (χ0v) is 11.6. The van der Waals surface area contributed by atoms with Crippen molar-refractivity contribution in [3.63, 3.8) is 0 Å². The van der Waals surface area contributed by atoms with Gasteiger partial charge < -0.3 is 10.7 Å². The number of carbonyl (C=O) groups is 2. The second-order valence-electron chi connectivity index (χ2n) is 3.76. The fraction of sp³-hybridized carbons (Fsp3) is 0.800. The summed E-state index contributed by atoms with van der Waals surface area (Å²) in [7, 11) is 0.748. The van der Waals surface area contributed by atoms with E-state index < -0.39 is 0 Å². The van der Waals surface area contributed by atoms with Gasteiger partial charge in [-0.15, -0.1) is 0 Å². The molecule has 0 heterocycles. The zero-order valence-electron chi connectivity index (χ0n) is 9.55. The maximum absolute atomic E-state index is 10.9. The first-order chi connectivity index (χ1) is 7.16. The standard InChI is InChI=1S/C10H22N2O2Si/c11-9(13)7-5-3-1-2-4-6-8-10(14)12-15/h1-8H2,15H3,(H2,11,13)(H,12,14). The quantitative estimate of drug-likeness (QED) is 0.432. The molecule has 0 atom stereocenters. The van der Waals surface area contributed by atoms with Gasteiger partial charge in [0.2, 0.25) is 11.8 Å². The molecule has 88 valence electrons. The Morgan fingerprint density at radius 3 is 1.87 bits per heavy atom. The van der Waals surface area contributed by atoms with Crippen LogP contribution in [0, 0.1) is 0 Å². The van der Waals surface area contributed by atoms with E-state index in [1.54, 1.807) is 0 Å². The van der Waals surface area contributed by atoms with Crippen LogP contribution < -0.4 is 10.7 Å². The maximum Gasteiger partial charge on any atom is 0.217 e. The van der Waals surface area contributed by atoms with Crippen molar-refractivity contribution in [3.8, 4) is 0 Å². The number of nitrogens with one attached hydrogen (secondary N) is 1. The first-order valence-electron chi connectivity index (χ1n) is 5.65. The lowest BCUT2D eigenvalue weighted by molar-refractivity contribution is -0.119. The first kappa shape index (κ1) is 14.2. The second kappa shape index (κ2) is 9.70. The second-order valence-corrected chi connectivity index (χ2v) is 4.26. The summed E-state index contributed by atoms with van der Waals surface area (Å²) in [5.41, 5.74) is 5.02. The van der Waals surface area contributed by atoms with Crippen molar-refractivity contribution in [2.45, 2.75) is 51.4 Å². The molecule has 3 N–H and O–H groups in total. The molecule has 0 saturated heterocycles. The number of unbranched alkanes of at least 4 members (excludes halogenated alkanes) is 5. The molecule has 0 unspecified atom stereocenters. The van der Waals surface area contributed by atoms with E-state index >= 15 is 0 Å². The highest BCUT2D eigenvalue weighted by Crippen LogP contribution is 2.08. The summed E-state index contributed by atoms with van der Waals surface area (Å²) >= 11 is 0. The van der Waals surface area contributed by atoms with E-state index in [1.165, 1.54) is 0 Å². The Morgan fingerprint density at radius 1 is 0.933 bits per heavy atom. The molecule has 5 heteroatoms. The van der Waals surface area contributed by atoms with Crippen LogP contribution in [0.1, 0.15) is 51.4 Å². The van der Waals surface area contributed by atoms with Crippen molar-refractivity contribution >= 4 is 22.2 Å². The number of rotatable bonds is 9. The van der Waals surface area contributed by atoms with Crippen LogP contribution in [0.25, 0.3) is 0 Å². The van der Waals surface area contributed by atoms with Crippen LogP contribution in [0.4, 0.5) is 0 Å². The Bertz CT molecular complexity index is 198. The third-order valence-electron chi connectivity index (χ3n) is 2.36. The van der Waals surface area contributed by atoms with E-state index in [0.717, 1.165) is 48.9 Å². The van der Waals surface area contributed by atoms with Crippen molar-refractivity contribution < 1.29 is 9.59 Å². The lowest BCUT2D eigenvalue weighted by atomic mass is 10.1. The van der Waals surface area contributed by atoms with Crippen molar-refractivity contribution in [2.24, 2.45) is 5.73 Å². The fourth-order valence-corrected chi connectivity index (χ4v) is 1.67. The average molecular weight is 230 g/mol. The minimum atomic E-state index is -0.209. The van der Waals surface area contributed by atoms with E-state index in [4.69, 9.17) is 5.73 Å². The van der Waals surface area contributed by atoms with Gasteiger partial charge in [-0.3, -0.25) is 9.59 Å². The Balaban J connectivity index is 3.05. The van der Waals surface area contributed by atoms with Gasteiger partial charge in [0.1, 0.15) is 10.4 Å². The molecule has 0 aromatic carbocycles. The first-order valence-corrected chi connectivity index (χ1v) is 6.65. The molecule has 0 aromatic heterocycles. The minimum Gasteiger partial charge on any atom is -0.391 e. The summed E-state index contributed by atoms with van der Waals surface area (Å²) < 4.78 is 0. The van der Waals surface area contributed by atoms with Gasteiger partial charge in [-0.1, -0.05) is 25.7 Å². The molecule has 0 fully saturated rings. The average Bonchev–Trinajstić information content (AvgIpc) is 2.21. The van der Waals surface area contributed by atoms with Gasteiger partial charge in [0, 0.05) is 12.8 Å². The summed E-state index contributed by atoms with van der Waals surface area (Å²) in [6, 6.07) is 0. The van der Waals surface area contributed by atoms with E-state index in [1.807, 2.05) is 0 Å². The topological polar surface area (TPSA) is 72.2 Å². The SMILES string of the molecule is NC(=O)CCCCCCCCC(=O)N[SiH3]. The van der Waals surface area contributed by atoms with Gasteiger partial charge in [0.15, 0.2) is 0 Å². The number of nitrogens with two attached hydrogens (primary N) is 1. The van der Waals surface area contributed by atoms with E-state index in [2.05, 4.69) is 4.98 Å². The highest BCUT2D eigenvalue weighted by atomic mass is 28.2. The molecule has 0 radical (unpaired) electrons. The molecule has 0 aliphatic heterocycles. The maximum atomic E-state index is 10.9. The molecule has 15 heavy (non-hydrogen) atoms. The molecule has 0 aliphatic rings. The molecular formula is C10H22N2O2Si. The number of amides is 2. The van der Waals surface area contributed by atoms with Crippen molar-refractivity contribution in [2.75, 3.05) is 0 Å². The third kappa shape index (κ3) is 11.1. The minimum absolute atomic E-state index is 0.176. The van der Waals surface area contributed by atoms with E-state index in [0.29, 0.717) is 12.8 Å². The summed E-state index contributed by atoms with van der Waals surface area (Å²) in [6.45, 7) is 0. The predicted octanol–water partition coefficient (Wildman–Crippen LogP) is -0.0109. The van der Waals surface area contributed by atoms with Crippen LogP contribution >= 0.6 is 0 Å². The molecule has 0 rings (SSSR count). The van der Waals surface area contributed by atoms with Gasteiger partial charge >= 0.3 is 0 Å². The normalized spacial score (nSPS) is 10.1. The van der Waals surface area contributed by atoms with Gasteiger partial charge in [0.25, 0.3) is 0 Å². The zero-order chi connectivity index (χ0) is 11.5.